The number of hydrogen-bond acceptors (Lipinski definition) is 7. The molecule has 3 heterocycles. The number of likely N-dealkylation sites (tertiary alicyclic amines) is 1. The maximum Gasteiger partial charge on any atom is 0.412 e. The summed E-state index contributed by atoms with van der Waals surface area (Å²) in [5.74, 6) is -1.93. The molecule has 1 saturated heterocycles. The van der Waals surface area contributed by atoms with Crippen LogP contribution in [0.4, 0.5) is 13.6 Å². The van der Waals surface area contributed by atoms with Crippen molar-refractivity contribution in [3.63, 3.8) is 0 Å². The number of hydrogen-bond donors (Lipinski definition) is 2. The van der Waals surface area contributed by atoms with Crippen LogP contribution in [0.1, 0.15) is 35.0 Å². The van der Waals surface area contributed by atoms with E-state index in [0.29, 0.717) is 22.2 Å². The maximum absolute atomic E-state index is 14.5. The highest BCUT2D eigenvalue weighted by Gasteiger charge is 2.39. The van der Waals surface area contributed by atoms with E-state index in [0.717, 1.165) is 4.90 Å². The van der Waals surface area contributed by atoms with Crippen molar-refractivity contribution in [2.24, 2.45) is 0 Å². The molecule has 1 aliphatic heterocycles. The average molecular weight is 630 g/mol. The number of nitrogens with zero attached hydrogens (tertiary/aromatic N) is 3. The van der Waals surface area contributed by atoms with Crippen molar-refractivity contribution in [2.75, 3.05) is 6.54 Å². The molecule has 2 N–H and O–H groups in total. The van der Waals surface area contributed by atoms with Gasteiger partial charge in [0.2, 0.25) is 11.8 Å². The standard InChI is InChI=1S/C29H26ClF2N5O5S/c1-16(38)22-12-36(24-6-5-20(8-21(22)24)42-29(41)34-10-19-14-43-15-35-19)13-26(39)37-11-18(31)7-25(37)28(40)33-9-17-3-2-4-23(30)27(17)32/h2-6,8,12,14-15,18,25H,7,9-11,13H2,1H3,(H,33,40)(H,34,41)/t18-,25+/m1/s1. The Morgan fingerprint density at radius 2 is 1.98 bits per heavy atom. The Balaban J connectivity index is 1.29. The van der Waals surface area contributed by atoms with E-state index in [1.165, 1.54) is 53.3 Å². The molecule has 1 aliphatic rings. The zero-order valence-electron chi connectivity index (χ0n) is 22.8. The van der Waals surface area contributed by atoms with Gasteiger partial charge in [0, 0.05) is 46.6 Å². The van der Waals surface area contributed by atoms with Gasteiger partial charge in [-0.3, -0.25) is 14.4 Å². The number of alkyl halides is 1. The van der Waals surface area contributed by atoms with E-state index in [9.17, 15) is 28.0 Å². The van der Waals surface area contributed by atoms with E-state index < -0.39 is 35.9 Å². The third-order valence-electron chi connectivity index (χ3n) is 7.00. The molecule has 0 radical (unpaired) electrons. The van der Waals surface area contributed by atoms with Crippen LogP contribution in [0.25, 0.3) is 10.9 Å². The van der Waals surface area contributed by atoms with Crippen LogP contribution in [0.2, 0.25) is 5.02 Å². The molecule has 5 rings (SSSR count). The number of nitrogens with one attached hydrogen (secondary N) is 2. The number of Topliss-reactive ketones (excluding diaryl/α,β-unsaturated/α-hetero) is 1. The molecule has 10 nitrogen and oxygen atoms in total. The molecule has 224 valence electrons. The van der Waals surface area contributed by atoms with E-state index in [-0.39, 0.29) is 54.7 Å². The van der Waals surface area contributed by atoms with Crippen LogP contribution in [-0.4, -0.2) is 56.9 Å². The highest BCUT2D eigenvalue weighted by atomic mass is 35.5. The fraction of sp³-hybridized carbons (Fsp3) is 0.276. The highest BCUT2D eigenvalue weighted by molar-refractivity contribution is 7.07. The van der Waals surface area contributed by atoms with E-state index in [1.54, 1.807) is 23.0 Å². The van der Waals surface area contributed by atoms with Crippen molar-refractivity contribution in [3.8, 4) is 5.75 Å². The van der Waals surface area contributed by atoms with Crippen molar-refractivity contribution in [3.05, 3.63) is 81.1 Å². The third kappa shape index (κ3) is 6.83. The summed E-state index contributed by atoms with van der Waals surface area (Å²) < 4.78 is 35.6. The summed E-state index contributed by atoms with van der Waals surface area (Å²) in [6.07, 6.45) is -0.829. The minimum absolute atomic E-state index is 0.0919. The van der Waals surface area contributed by atoms with Crippen LogP contribution < -0.4 is 15.4 Å². The molecule has 2 aromatic heterocycles. The van der Waals surface area contributed by atoms with Gasteiger partial charge in [0.1, 0.15) is 30.3 Å². The van der Waals surface area contributed by atoms with Crippen LogP contribution in [-0.2, 0) is 29.2 Å². The molecule has 3 amide bonds. The number of carbonyl (C=O) groups is 4. The Morgan fingerprint density at radius 3 is 2.72 bits per heavy atom. The van der Waals surface area contributed by atoms with Crippen LogP contribution in [0.5, 0.6) is 5.75 Å². The molecule has 0 bridgehead atoms. The molecular weight excluding hydrogens is 604 g/mol. The topological polar surface area (TPSA) is 123 Å². The van der Waals surface area contributed by atoms with Crippen molar-refractivity contribution in [2.45, 2.75) is 45.2 Å². The molecule has 2 aromatic carbocycles. The monoisotopic (exact) mass is 629 g/mol. The Hall–Kier alpha value is -4.36. The van der Waals surface area contributed by atoms with Gasteiger partial charge in [-0.2, -0.15) is 0 Å². The van der Waals surface area contributed by atoms with Crippen molar-refractivity contribution < 1.29 is 32.7 Å². The quantitative estimate of drug-likeness (QED) is 0.260. The summed E-state index contributed by atoms with van der Waals surface area (Å²) in [5, 5.41) is 7.31. The molecule has 0 spiro atoms. The first-order chi connectivity index (χ1) is 20.6. The molecule has 14 heteroatoms. The summed E-state index contributed by atoms with van der Waals surface area (Å²) in [4.78, 5) is 56.2. The Labute approximate surface area is 253 Å². The molecule has 2 atom stereocenters. The molecule has 1 fully saturated rings. The lowest BCUT2D eigenvalue weighted by Gasteiger charge is -2.24. The van der Waals surface area contributed by atoms with Crippen LogP contribution in [0, 0.1) is 5.82 Å². The number of benzene rings is 2. The largest absolute Gasteiger partial charge is 0.412 e. The minimum Gasteiger partial charge on any atom is -0.410 e. The number of carbonyl (C=O) groups excluding carboxylic acids is 4. The second-order valence-electron chi connectivity index (χ2n) is 9.95. The van der Waals surface area contributed by atoms with E-state index >= 15 is 0 Å². The maximum atomic E-state index is 14.5. The van der Waals surface area contributed by atoms with E-state index in [4.69, 9.17) is 16.3 Å². The summed E-state index contributed by atoms with van der Waals surface area (Å²) >= 11 is 7.20. The summed E-state index contributed by atoms with van der Waals surface area (Å²) in [6, 6.07) is 7.94. The molecular formula is C29H26ClF2N5O5S. The SMILES string of the molecule is CC(=O)c1cn(CC(=O)N2C[C@H](F)C[C@H]2C(=O)NCc2cccc(Cl)c2F)c2ccc(OC(=O)NCc3cscn3)cc12. The van der Waals surface area contributed by atoms with Gasteiger partial charge in [0.05, 0.1) is 29.3 Å². The normalized spacial score (nSPS) is 16.3. The number of halogens is 3. The van der Waals surface area contributed by atoms with Gasteiger partial charge in [-0.1, -0.05) is 23.7 Å². The second-order valence-corrected chi connectivity index (χ2v) is 11.1. The number of rotatable bonds is 9. The smallest absolute Gasteiger partial charge is 0.410 e. The fourth-order valence-corrected chi connectivity index (χ4v) is 5.66. The van der Waals surface area contributed by atoms with Gasteiger partial charge in [-0.25, -0.2) is 18.6 Å². The summed E-state index contributed by atoms with van der Waals surface area (Å²) in [6.45, 7) is 0.811. The first kappa shape index (κ1) is 30.1. The fourth-order valence-electron chi connectivity index (χ4n) is 4.91. The number of ether oxygens (including phenoxy) is 1. The van der Waals surface area contributed by atoms with Gasteiger partial charge < -0.3 is 24.8 Å². The first-order valence-corrected chi connectivity index (χ1v) is 14.5. The number of fused-ring (bicyclic) bond motifs is 1. The Bertz CT molecular complexity index is 1700. The van der Waals surface area contributed by atoms with E-state index in [1.807, 2.05) is 0 Å². The number of aromatic nitrogens is 2. The lowest BCUT2D eigenvalue weighted by atomic mass is 10.1. The molecule has 0 unspecified atom stereocenters. The van der Waals surface area contributed by atoms with Crippen molar-refractivity contribution in [1.29, 1.82) is 0 Å². The first-order valence-electron chi connectivity index (χ1n) is 13.2. The van der Waals surface area contributed by atoms with Gasteiger partial charge in [0.15, 0.2) is 5.78 Å². The van der Waals surface area contributed by atoms with Gasteiger partial charge in [-0.15, -0.1) is 11.3 Å². The summed E-state index contributed by atoms with van der Waals surface area (Å²) in [7, 11) is 0. The molecule has 43 heavy (non-hydrogen) atoms. The Morgan fingerprint density at radius 1 is 1.16 bits per heavy atom. The average Bonchev–Trinajstić information content (AvgIpc) is 3.72. The predicted molar refractivity (Wildman–Crippen MR) is 155 cm³/mol. The third-order valence-corrected chi connectivity index (χ3v) is 7.93. The number of ketones is 1. The lowest BCUT2D eigenvalue weighted by Crippen LogP contribution is -2.46. The second kappa shape index (κ2) is 12.9. The molecule has 4 aromatic rings. The van der Waals surface area contributed by atoms with Crippen molar-refractivity contribution >= 4 is 57.5 Å². The molecule has 0 saturated carbocycles. The van der Waals surface area contributed by atoms with E-state index in [2.05, 4.69) is 15.6 Å². The number of amides is 3. The number of thiazole rings is 1. The van der Waals surface area contributed by atoms with Gasteiger partial charge in [0.25, 0.3) is 0 Å². The summed E-state index contributed by atoms with van der Waals surface area (Å²) in [5.41, 5.74) is 3.28. The lowest BCUT2D eigenvalue weighted by molar-refractivity contribution is -0.139. The van der Waals surface area contributed by atoms with Crippen LogP contribution in [0.15, 0.2) is 53.5 Å². The zero-order chi connectivity index (χ0) is 30.7. The highest BCUT2D eigenvalue weighted by Crippen LogP contribution is 2.28. The van der Waals surface area contributed by atoms with Gasteiger partial charge in [-0.05, 0) is 31.2 Å². The predicted octanol–water partition coefficient (Wildman–Crippen LogP) is 4.64. The van der Waals surface area contributed by atoms with Crippen LogP contribution in [0.3, 0.4) is 0 Å². The Kier molecular flexibility index (Phi) is 9.02. The van der Waals surface area contributed by atoms with Gasteiger partial charge >= 0.3 is 6.09 Å². The minimum atomic E-state index is -1.42. The van der Waals surface area contributed by atoms with Crippen LogP contribution >= 0.6 is 22.9 Å². The van der Waals surface area contributed by atoms with Crippen molar-refractivity contribution in [1.82, 2.24) is 25.1 Å². The molecule has 0 aliphatic carbocycles. The zero-order valence-corrected chi connectivity index (χ0v) is 24.4.